The van der Waals surface area contributed by atoms with Gasteiger partial charge in [-0.1, -0.05) is 245 Å². The number of hydrogen-bond acceptors (Lipinski definition) is 6. The van der Waals surface area contributed by atoms with Gasteiger partial charge in [0, 0.05) is 19.3 Å². The SMILES string of the molecule is CCCCCCCCCCCCCCCCCCCC(=O)OC[C@@H](COC(=O)CCCCCCCCCCC)OC(=O)CCCCCCCCCCCCCC. The molecule has 0 saturated carbocycles. The van der Waals surface area contributed by atoms with Gasteiger partial charge in [-0.2, -0.15) is 0 Å². The molecule has 1 atom stereocenters. The van der Waals surface area contributed by atoms with Crippen molar-refractivity contribution in [2.45, 2.75) is 290 Å². The predicted molar refractivity (Wildman–Crippen MR) is 238 cm³/mol. The molecule has 0 saturated heterocycles. The summed E-state index contributed by atoms with van der Waals surface area (Å²) in [5.74, 6) is -0.847. The van der Waals surface area contributed by atoms with Crippen LogP contribution < -0.4 is 0 Å². The lowest BCUT2D eigenvalue weighted by Gasteiger charge is -2.18. The maximum atomic E-state index is 12.7. The Bertz CT molecular complexity index is 828. The van der Waals surface area contributed by atoms with E-state index in [1.54, 1.807) is 0 Å². The van der Waals surface area contributed by atoms with Crippen molar-refractivity contribution in [1.82, 2.24) is 0 Å². The molecule has 0 unspecified atom stereocenters. The standard InChI is InChI=1S/C50H96O6/c1-4-7-10-13-16-19-21-23-24-25-26-27-29-31-34-37-40-43-49(52)55-46-47(45-54-48(51)42-39-36-33-30-18-15-12-9-6-3)56-50(53)44-41-38-35-32-28-22-20-17-14-11-8-5-2/h47H,4-46H2,1-3H3/t47-/m1/s1. The number of unbranched alkanes of at least 4 members (excludes halogenated alkanes) is 35. The van der Waals surface area contributed by atoms with Crippen molar-refractivity contribution < 1.29 is 28.6 Å². The Morgan fingerprint density at radius 2 is 0.482 bits per heavy atom. The van der Waals surface area contributed by atoms with Crippen molar-refractivity contribution in [2.75, 3.05) is 13.2 Å². The van der Waals surface area contributed by atoms with Crippen LogP contribution in [0, 0.1) is 0 Å². The molecule has 0 radical (unpaired) electrons. The summed E-state index contributed by atoms with van der Waals surface area (Å²) in [5, 5.41) is 0. The van der Waals surface area contributed by atoms with Crippen LogP contribution >= 0.6 is 0 Å². The van der Waals surface area contributed by atoms with Gasteiger partial charge in [0.1, 0.15) is 13.2 Å². The summed E-state index contributed by atoms with van der Waals surface area (Å²) in [4.78, 5) is 37.8. The molecule has 0 aromatic carbocycles. The van der Waals surface area contributed by atoms with Crippen LogP contribution in [0.4, 0.5) is 0 Å². The summed E-state index contributed by atoms with van der Waals surface area (Å²) in [6.07, 6.45) is 48.0. The molecule has 0 amide bonds. The van der Waals surface area contributed by atoms with Gasteiger partial charge in [-0.3, -0.25) is 14.4 Å². The van der Waals surface area contributed by atoms with E-state index in [0.717, 1.165) is 57.8 Å². The van der Waals surface area contributed by atoms with Crippen LogP contribution in [0.5, 0.6) is 0 Å². The number of hydrogen-bond donors (Lipinski definition) is 0. The van der Waals surface area contributed by atoms with E-state index in [-0.39, 0.29) is 31.1 Å². The van der Waals surface area contributed by atoms with Gasteiger partial charge in [0.25, 0.3) is 0 Å². The van der Waals surface area contributed by atoms with E-state index in [4.69, 9.17) is 14.2 Å². The molecule has 0 spiro atoms. The van der Waals surface area contributed by atoms with Crippen LogP contribution in [0.25, 0.3) is 0 Å². The van der Waals surface area contributed by atoms with Crippen molar-refractivity contribution in [3.63, 3.8) is 0 Å². The van der Waals surface area contributed by atoms with Crippen LogP contribution in [-0.2, 0) is 28.6 Å². The summed E-state index contributed by atoms with van der Waals surface area (Å²) in [5.41, 5.74) is 0. The highest BCUT2D eigenvalue weighted by molar-refractivity contribution is 5.71. The highest BCUT2D eigenvalue weighted by Crippen LogP contribution is 2.16. The second kappa shape index (κ2) is 46.1. The van der Waals surface area contributed by atoms with Crippen LogP contribution in [0.2, 0.25) is 0 Å². The van der Waals surface area contributed by atoms with E-state index in [1.165, 1.54) is 186 Å². The minimum atomic E-state index is -0.758. The van der Waals surface area contributed by atoms with Gasteiger partial charge in [-0.05, 0) is 19.3 Å². The Labute approximate surface area is 348 Å². The number of esters is 3. The summed E-state index contributed by atoms with van der Waals surface area (Å²) >= 11 is 0. The van der Waals surface area contributed by atoms with Gasteiger partial charge >= 0.3 is 17.9 Å². The summed E-state index contributed by atoms with van der Waals surface area (Å²) in [7, 11) is 0. The maximum absolute atomic E-state index is 12.7. The third-order valence-corrected chi connectivity index (χ3v) is 11.4. The van der Waals surface area contributed by atoms with Gasteiger partial charge in [-0.25, -0.2) is 0 Å². The Balaban J connectivity index is 4.24. The zero-order valence-corrected chi connectivity index (χ0v) is 37.9. The first kappa shape index (κ1) is 54.4. The minimum absolute atomic E-state index is 0.0622. The predicted octanol–water partition coefficient (Wildman–Crippen LogP) is 16.0. The van der Waals surface area contributed by atoms with E-state index in [2.05, 4.69) is 20.8 Å². The Hall–Kier alpha value is -1.59. The van der Waals surface area contributed by atoms with Crippen LogP contribution in [0.15, 0.2) is 0 Å². The molecule has 0 N–H and O–H groups in total. The van der Waals surface area contributed by atoms with Gasteiger partial charge in [-0.15, -0.1) is 0 Å². The molecule has 332 valence electrons. The van der Waals surface area contributed by atoms with E-state index < -0.39 is 6.10 Å². The molecule has 0 fully saturated rings. The Kier molecular flexibility index (Phi) is 44.8. The first-order chi connectivity index (χ1) is 27.5. The van der Waals surface area contributed by atoms with E-state index in [1.807, 2.05) is 0 Å². The third-order valence-electron chi connectivity index (χ3n) is 11.4. The fraction of sp³-hybridized carbons (Fsp3) is 0.940. The van der Waals surface area contributed by atoms with Gasteiger partial charge in [0.05, 0.1) is 0 Å². The van der Waals surface area contributed by atoms with Gasteiger partial charge in [0.15, 0.2) is 6.10 Å². The van der Waals surface area contributed by atoms with E-state index in [9.17, 15) is 14.4 Å². The number of carbonyl (C=O) groups excluding carboxylic acids is 3. The molecular weight excluding hydrogens is 697 g/mol. The highest BCUT2D eigenvalue weighted by atomic mass is 16.6. The summed E-state index contributed by atoms with van der Waals surface area (Å²) in [6.45, 7) is 6.65. The Morgan fingerprint density at radius 1 is 0.286 bits per heavy atom. The van der Waals surface area contributed by atoms with E-state index >= 15 is 0 Å². The second-order valence-corrected chi connectivity index (χ2v) is 17.1. The van der Waals surface area contributed by atoms with Gasteiger partial charge in [0.2, 0.25) is 0 Å². The molecule has 0 rings (SSSR count). The molecule has 6 heteroatoms. The van der Waals surface area contributed by atoms with Crippen molar-refractivity contribution >= 4 is 17.9 Å². The largest absolute Gasteiger partial charge is 0.462 e. The fourth-order valence-corrected chi connectivity index (χ4v) is 7.56. The molecule has 0 bridgehead atoms. The quantitative estimate of drug-likeness (QED) is 0.0347. The molecule has 0 aliphatic heterocycles. The van der Waals surface area contributed by atoms with Crippen LogP contribution in [0.3, 0.4) is 0 Å². The Morgan fingerprint density at radius 3 is 0.714 bits per heavy atom. The first-order valence-corrected chi connectivity index (χ1v) is 25.0. The van der Waals surface area contributed by atoms with Gasteiger partial charge < -0.3 is 14.2 Å². The average Bonchev–Trinajstić information content (AvgIpc) is 3.19. The topological polar surface area (TPSA) is 78.9 Å². The summed E-state index contributed by atoms with van der Waals surface area (Å²) in [6, 6.07) is 0. The molecule has 0 aliphatic carbocycles. The van der Waals surface area contributed by atoms with E-state index in [0.29, 0.717) is 19.3 Å². The molecule has 0 aliphatic rings. The number of ether oxygens (including phenoxy) is 3. The zero-order valence-electron chi connectivity index (χ0n) is 37.9. The van der Waals surface area contributed by atoms with Crippen molar-refractivity contribution in [1.29, 1.82) is 0 Å². The fourth-order valence-electron chi connectivity index (χ4n) is 7.56. The normalized spacial score (nSPS) is 11.8. The number of carbonyl (C=O) groups is 3. The summed E-state index contributed by atoms with van der Waals surface area (Å²) < 4.78 is 16.7. The zero-order chi connectivity index (χ0) is 40.8. The molecule has 0 aromatic rings. The second-order valence-electron chi connectivity index (χ2n) is 17.1. The lowest BCUT2D eigenvalue weighted by molar-refractivity contribution is -0.167. The smallest absolute Gasteiger partial charge is 0.306 e. The molecule has 56 heavy (non-hydrogen) atoms. The lowest BCUT2D eigenvalue weighted by Crippen LogP contribution is -2.30. The number of rotatable bonds is 46. The molecule has 6 nitrogen and oxygen atoms in total. The molecular formula is C50H96O6. The average molecular weight is 793 g/mol. The monoisotopic (exact) mass is 793 g/mol. The van der Waals surface area contributed by atoms with Crippen LogP contribution in [-0.4, -0.2) is 37.2 Å². The molecule has 0 aromatic heterocycles. The maximum Gasteiger partial charge on any atom is 0.306 e. The lowest BCUT2D eigenvalue weighted by atomic mass is 10.0. The van der Waals surface area contributed by atoms with Crippen LogP contribution in [0.1, 0.15) is 284 Å². The first-order valence-electron chi connectivity index (χ1n) is 25.0. The minimum Gasteiger partial charge on any atom is -0.462 e. The molecule has 0 heterocycles. The van der Waals surface area contributed by atoms with Crippen molar-refractivity contribution in [3.8, 4) is 0 Å². The van der Waals surface area contributed by atoms with Crippen molar-refractivity contribution in [2.24, 2.45) is 0 Å². The van der Waals surface area contributed by atoms with Crippen molar-refractivity contribution in [3.05, 3.63) is 0 Å². The third kappa shape index (κ3) is 43.5. The highest BCUT2D eigenvalue weighted by Gasteiger charge is 2.19.